The smallest absolute Gasteiger partial charge is 0.244 e. The molecule has 1 aromatic rings. The van der Waals surface area contributed by atoms with Crippen molar-refractivity contribution in [2.24, 2.45) is 5.92 Å². The van der Waals surface area contributed by atoms with Crippen LogP contribution in [0.25, 0.3) is 0 Å². The number of benzene rings is 1. The number of hydrogen-bond acceptors (Lipinski definition) is 3. The molecule has 3 rings (SSSR count). The molecular formula is C19H26FN3O2. The van der Waals surface area contributed by atoms with E-state index in [1.165, 1.54) is 11.0 Å². The third-order valence-electron chi connectivity index (χ3n) is 5.32. The molecule has 2 saturated heterocycles. The van der Waals surface area contributed by atoms with Gasteiger partial charge in [-0.2, -0.15) is 0 Å². The molecule has 2 heterocycles. The van der Waals surface area contributed by atoms with E-state index in [0.29, 0.717) is 31.0 Å². The molecule has 5 nitrogen and oxygen atoms in total. The Bertz CT molecular complexity index is 651. The molecule has 0 bridgehead atoms. The number of anilines is 1. The summed E-state index contributed by atoms with van der Waals surface area (Å²) in [5, 5.41) is 3.46. The number of amides is 2. The molecule has 2 aliphatic rings. The second-order valence-electron chi connectivity index (χ2n) is 7.01. The molecule has 0 radical (unpaired) electrons. The Kier molecular flexibility index (Phi) is 5.37. The third-order valence-corrected chi connectivity index (χ3v) is 5.32. The molecule has 25 heavy (non-hydrogen) atoms. The van der Waals surface area contributed by atoms with E-state index < -0.39 is 0 Å². The maximum absolute atomic E-state index is 14.0. The normalized spacial score (nSPS) is 27.0. The van der Waals surface area contributed by atoms with Crippen molar-refractivity contribution in [1.29, 1.82) is 0 Å². The number of carbonyl (C=O) groups excluding carboxylic acids is 2. The van der Waals surface area contributed by atoms with E-state index in [0.717, 1.165) is 19.5 Å². The van der Waals surface area contributed by atoms with Crippen molar-refractivity contribution in [3.05, 3.63) is 30.1 Å². The Morgan fingerprint density at radius 3 is 2.72 bits per heavy atom. The summed E-state index contributed by atoms with van der Waals surface area (Å²) in [5.74, 6) is 0.0492. The highest BCUT2D eigenvalue weighted by Gasteiger charge is 2.37. The topological polar surface area (TPSA) is 52.7 Å². The molecule has 2 aliphatic heterocycles. The van der Waals surface area contributed by atoms with Gasteiger partial charge >= 0.3 is 0 Å². The lowest BCUT2D eigenvalue weighted by Crippen LogP contribution is -2.53. The largest absolute Gasteiger partial charge is 0.342 e. The fraction of sp³-hybridized carbons (Fsp3) is 0.579. The average Bonchev–Trinajstić information content (AvgIpc) is 2.97. The first-order valence-electron chi connectivity index (χ1n) is 9.11. The molecule has 6 heteroatoms. The number of para-hydroxylation sites is 1. The van der Waals surface area contributed by atoms with E-state index in [4.69, 9.17) is 0 Å². The summed E-state index contributed by atoms with van der Waals surface area (Å²) in [5.41, 5.74) is 0.355. The van der Waals surface area contributed by atoms with Gasteiger partial charge in [-0.15, -0.1) is 0 Å². The first kappa shape index (κ1) is 17.9. The Labute approximate surface area is 148 Å². The van der Waals surface area contributed by atoms with Gasteiger partial charge in [0.1, 0.15) is 5.82 Å². The lowest BCUT2D eigenvalue weighted by molar-refractivity contribution is -0.133. The average molecular weight is 347 g/mol. The van der Waals surface area contributed by atoms with Crippen LogP contribution >= 0.6 is 0 Å². The van der Waals surface area contributed by atoms with E-state index in [-0.39, 0.29) is 29.7 Å². The van der Waals surface area contributed by atoms with E-state index in [2.05, 4.69) is 12.2 Å². The lowest BCUT2D eigenvalue weighted by Gasteiger charge is -2.38. The lowest BCUT2D eigenvalue weighted by atomic mass is 9.92. The number of hydrogen-bond donors (Lipinski definition) is 1. The summed E-state index contributed by atoms with van der Waals surface area (Å²) in [7, 11) is 0. The quantitative estimate of drug-likeness (QED) is 0.908. The minimum atomic E-state index is -0.365. The van der Waals surface area contributed by atoms with Crippen molar-refractivity contribution in [3.8, 4) is 0 Å². The highest BCUT2D eigenvalue weighted by atomic mass is 19.1. The number of rotatable bonds is 4. The van der Waals surface area contributed by atoms with Gasteiger partial charge in [0.05, 0.1) is 11.7 Å². The summed E-state index contributed by atoms with van der Waals surface area (Å²) >= 11 is 0. The van der Waals surface area contributed by atoms with Crippen LogP contribution in [0.15, 0.2) is 24.3 Å². The molecule has 2 amide bonds. The summed E-state index contributed by atoms with van der Waals surface area (Å²) in [6.45, 7) is 5.97. The maximum Gasteiger partial charge on any atom is 0.244 e. The van der Waals surface area contributed by atoms with Crippen molar-refractivity contribution >= 4 is 17.5 Å². The molecule has 2 fully saturated rings. The molecule has 0 saturated carbocycles. The van der Waals surface area contributed by atoms with Crippen molar-refractivity contribution in [2.45, 2.75) is 45.2 Å². The van der Waals surface area contributed by atoms with Gasteiger partial charge < -0.3 is 15.1 Å². The minimum Gasteiger partial charge on any atom is -0.342 e. The standard InChI is InChI=1S/C19H26FN3O2/c1-3-18(24)22-10-8-15(13(2)12-22)21-16-9-11-23(19(16)25)17-7-5-4-6-14(17)20/h4-7,13,15-16,21H,3,8-12H2,1-2H3/t13-,15+,16-/m1/s1. The van der Waals surface area contributed by atoms with Crippen LogP contribution in [0.3, 0.4) is 0 Å². The van der Waals surface area contributed by atoms with Gasteiger partial charge in [-0.25, -0.2) is 4.39 Å². The zero-order chi connectivity index (χ0) is 18.0. The Balaban J connectivity index is 1.60. The highest BCUT2D eigenvalue weighted by molar-refractivity contribution is 5.99. The van der Waals surface area contributed by atoms with Gasteiger partial charge in [0, 0.05) is 32.1 Å². The zero-order valence-electron chi connectivity index (χ0n) is 14.9. The summed E-state index contributed by atoms with van der Waals surface area (Å²) in [6.07, 6.45) is 2.05. The maximum atomic E-state index is 14.0. The van der Waals surface area contributed by atoms with E-state index in [1.54, 1.807) is 18.2 Å². The molecule has 136 valence electrons. The summed E-state index contributed by atoms with van der Waals surface area (Å²) in [4.78, 5) is 28.0. The van der Waals surface area contributed by atoms with Gasteiger partial charge in [0.2, 0.25) is 11.8 Å². The monoisotopic (exact) mass is 347 g/mol. The van der Waals surface area contributed by atoms with Crippen molar-refractivity contribution < 1.29 is 14.0 Å². The number of piperidine rings is 1. The van der Waals surface area contributed by atoms with Crippen LogP contribution in [0, 0.1) is 11.7 Å². The molecule has 0 aromatic heterocycles. The van der Waals surface area contributed by atoms with Crippen LogP contribution in [-0.2, 0) is 9.59 Å². The Morgan fingerprint density at radius 1 is 1.28 bits per heavy atom. The minimum absolute atomic E-state index is 0.0654. The van der Waals surface area contributed by atoms with Crippen molar-refractivity contribution in [3.63, 3.8) is 0 Å². The highest BCUT2D eigenvalue weighted by Crippen LogP contribution is 2.26. The number of carbonyl (C=O) groups is 2. The van der Waals surface area contributed by atoms with Crippen molar-refractivity contribution in [2.75, 3.05) is 24.5 Å². The van der Waals surface area contributed by atoms with E-state index in [1.807, 2.05) is 11.8 Å². The predicted octanol–water partition coefficient (Wildman–Crippen LogP) is 2.17. The third kappa shape index (κ3) is 3.68. The van der Waals surface area contributed by atoms with Crippen LogP contribution < -0.4 is 10.2 Å². The van der Waals surface area contributed by atoms with Gasteiger partial charge in [-0.1, -0.05) is 26.0 Å². The van der Waals surface area contributed by atoms with E-state index in [9.17, 15) is 14.0 Å². The van der Waals surface area contributed by atoms with Crippen LogP contribution in [-0.4, -0.2) is 48.4 Å². The van der Waals surface area contributed by atoms with Gasteiger partial charge in [-0.3, -0.25) is 9.59 Å². The summed E-state index contributed by atoms with van der Waals surface area (Å²) in [6, 6.07) is 6.33. The van der Waals surface area contributed by atoms with Gasteiger partial charge in [0.15, 0.2) is 0 Å². The first-order chi connectivity index (χ1) is 12.0. The van der Waals surface area contributed by atoms with Crippen LogP contribution in [0.4, 0.5) is 10.1 Å². The van der Waals surface area contributed by atoms with Gasteiger partial charge in [0.25, 0.3) is 0 Å². The number of halogens is 1. The molecule has 0 spiro atoms. The molecule has 0 unspecified atom stereocenters. The van der Waals surface area contributed by atoms with E-state index >= 15 is 0 Å². The second kappa shape index (κ2) is 7.52. The predicted molar refractivity (Wildman–Crippen MR) is 94.7 cm³/mol. The molecule has 1 N–H and O–H groups in total. The summed E-state index contributed by atoms with van der Waals surface area (Å²) < 4.78 is 14.0. The van der Waals surface area contributed by atoms with Crippen molar-refractivity contribution in [1.82, 2.24) is 10.2 Å². The van der Waals surface area contributed by atoms with Gasteiger partial charge in [-0.05, 0) is 30.9 Å². The van der Waals surface area contributed by atoms with Crippen LogP contribution in [0.5, 0.6) is 0 Å². The number of nitrogens with zero attached hydrogens (tertiary/aromatic N) is 2. The fourth-order valence-electron chi connectivity index (χ4n) is 3.85. The molecule has 1 aromatic carbocycles. The Morgan fingerprint density at radius 2 is 2.04 bits per heavy atom. The Hall–Kier alpha value is -1.95. The van der Waals surface area contributed by atoms with Crippen LogP contribution in [0.1, 0.15) is 33.1 Å². The number of nitrogens with one attached hydrogen (secondary N) is 1. The molecular weight excluding hydrogens is 321 g/mol. The zero-order valence-corrected chi connectivity index (χ0v) is 14.9. The number of likely N-dealkylation sites (tertiary alicyclic amines) is 1. The SMILES string of the molecule is CCC(=O)N1CC[C@H](N[C@@H]2CCN(c3ccccc3F)C2=O)[C@H](C)C1. The van der Waals surface area contributed by atoms with Crippen LogP contribution in [0.2, 0.25) is 0 Å². The molecule has 0 aliphatic carbocycles. The second-order valence-corrected chi connectivity index (χ2v) is 7.01. The first-order valence-corrected chi connectivity index (χ1v) is 9.11. The molecule has 3 atom stereocenters. The fourth-order valence-corrected chi connectivity index (χ4v) is 3.85.